The quantitative estimate of drug-likeness (QED) is 0.908. The van der Waals surface area contributed by atoms with Crippen LogP contribution in [-0.2, 0) is 0 Å². The van der Waals surface area contributed by atoms with E-state index >= 15 is 0 Å². The van der Waals surface area contributed by atoms with Crippen LogP contribution in [0.15, 0.2) is 28.8 Å². The lowest BCUT2D eigenvalue weighted by Crippen LogP contribution is -2.44. The molecule has 0 bridgehead atoms. The van der Waals surface area contributed by atoms with Gasteiger partial charge in [-0.2, -0.15) is 4.98 Å². The van der Waals surface area contributed by atoms with Crippen LogP contribution in [0.5, 0.6) is 5.75 Å². The molecule has 0 amide bonds. The molecule has 130 valence electrons. The third kappa shape index (κ3) is 3.44. The average Bonchev–Trinajstić information content (AvgIpc) is 3.11. The zero-order valence-electron chi connectivity index (χ0n) is 14.5. The standard InChI is InChI=1S/C18H25N3O3/c1-13(21-10-4-9-18(2,11-21)12-22)17-19-16(20-24-17)14-5-7-15(23-3)8-6-14/h5-8,13,22H,4,9-12H2,1-3H3. The summed E-state index contributed by atoms with van der Waals surface area (Å²) in [6, 6.07) is 7.64. The lowest BCUT2D eigenvalue weighted by molar-refractivity contribution is 0.0211. The van der Waals surface area contributed by atoms with E-state index in [0.29, 0.717) is 11.7 Å². The normalized spacial score (nSPS) is 23.2. The Balaban J connectivity index is 1.74. The first-order chi connectivity index (χ1) is 11.5. The minimum absolute atomic E-state index is 0.0377. The zero-order valence-corrected chi connectivity index (χ0v) is 14.5. The molecule has 1 N–H and O–H groups in total. The number of aromatic nitrogens is 2. The number of rotatable bonds is 5. The van der Waals surface area contributed by atoms with Gasteiger partial charge in [0, 0.05) is 24.1 Å². The number of nitrogens with zero attached hydrogens (tertiary/aromatic N) is 3. The van der Waals surface area contributed by atoms with E-state index in [1.807, 2.05) is 24.3 Å². The van der Waals surface area contributed by atoms with Crippen molar-refractivity contribution in [2.24, 2.45) is 5.41 Å². The van der Waals surface area contributed by atoms with Crippen molar-refractivity contribution in [1.29, 1.82) is 0 Å². The fraction of sp³-hybridized carbons (Fsp3) is 0.556. The number of benzene rings is 1. The second-order valence-electron chi connectivity index (χ2n) is 6.90. The van der Waals surface area contributed by atoms with Gasteiger partial charge in [-0.05, 0) is 50.6 Å². The van der Waals surface area contributed by atoms with Crippen molar-refractivity contribution in [2.45, 2.75) is 32.7 Å². The summed E-state index contributed by atoms with van der Waals surface area (Å²) in [5, 5.41) is 13.7. The summed E-state index contributed by atoms with van der Waals surface area (Å²) in [6.07, 6.45) is 2.12. The SMILES string of the molecule is COc1ccc(-c2noc(C(C)N3CCCC(C)(CO)C3)n2)cc1. The smallest absolute Gasteiger partial charge is 0.244 e. The second-order valence-corrected chi connectivity index (χ2v) is 6.90. The van der Waals surface area contributed by atoms with Gasteiger partial charge in [-0.3, -0.25) is 4.90 Å². The Labute approximate surface area is 142 Å². The van der Waals surface area contributed by atoms with Crippen molar-refractivity contribution >= 4 is 0 Å². The predicted molar refractivity (Wildman–Crippen MR) is 90.7 cm³/mol. The Morgan fingerprint density at radius 2 is 2.12 bits per heavy atom. The third-order valence-electron chi connectivity index (χ3n) is 4.89. The van der Waals surface area contributed by atoms with Crippen LogP contribution in [0.1, 0.15) is 38.6 Å². The molecule has 0 saturated carbocycles. The van der Waals surface area contributed by atoms with Crippen molar-refractivity contribution < 1.29 is 14.4 Å². The monoisotopic (exact) mass is 331 g/mol. The summed E-state index contributed by atoms with van der Waals surface area (Å²) in [5.74, 6) is 2.00. The van der Waals surface area contributed by atoms with Gasteiger partial charge in [-0.25, -0.2) is 0 Å². The molecule has 1 aliphatic heterocycles. The van der Waals surface area contributed by atoms with E-state index in [4.69, 9.17) is 9.26 Å². The van der Waals surface area contributed by atoms with Gasteiger partial charge in [-0.1, -0.05) is 12.1 Å². The van der Waals surface area contributed by atoms with E-state index < -0.39 is 0 Å². The number of piperidine rings is 1. The Morgan fingerprint density at radius 1 is 1.38 bits per heavy atom. The summed E-state index contributed by atoms with van der Waals surface area (Å²) < 4.78 is 10.7. The van der Waals surface area contributed by atoms with Gasteiger partial charge in [0.25, 0.3) is 0 Å². The second kappa shape index (κ2) is 6.91. The summed E-state index contributed by atoms with van der Waals surface area (Å²) in [4.78, 5) is 6.87. The molecule has 6 heteroatoms. The van der Waals surface area contributed by atoms with Crippen molar-refractivity contribution in [3.05, 3.63) is 30.2 Å². The molecule has 2 aromatic rings. The first kappa shape index (κ1) is 16.9. The fourth-order valence-corrected chi connectivity index (χ4v) is 3.24. The molecule has 1 saturated heterocycles. The van der Waals surface area contributed by atoms with Crippen LogP contribution in [0.25, 0.3) is 11.4 Å². The van der Waals surface area contributed by atoms with Crippen molar-refractivity contribution in [2.75, 3.05) is 26.8 Å². The molecule has 0 aliphatic carbocycles. The highest BCUT2D eigenvalue weighted by atomic mass is 16.5. The Bertz CT molecular complexity index is 670. The number of likely N-dealkylation sites (tertiary alicyclic amines) is 1. The lowest BCUT2D eigenvalue weighted by atomic mass is 9.82. The van der Waals surface area contributed by atoms with Gasteiger partial charge in [-0.15, -0.1) is 0 Å². The molecule has 0 spiro atoms. The Morgan fingerprint density at radius 3 is 2.79 bits per heavy atom. The van der Waals surface area contributed by atoms with E-state index in [2.05, 4.69) is 28.9 Å². The van der Waals surface area contributed by atoms with Crippen molar-refractivity contribution in [3.8, 4) is 17.1 Å². The van der Waals surface area contributed by atoms with Crippen molar-refractivity contribution in [1.82, 2.24) is 15.0 Å². The van der Waals surface area contributed by atoms with Gasteiger partial charge in [0.2, 0.25) is 11.7 Å². The summed E-state index contributed by atoms with van der Waals surface area (Å²) >= 11 is 0. The molecule has 3 rings (SSSR count). The van der Waals surface area contributed by atoms with Gasteiger partial charge < -0.3 is 14.4 Å². The maximum absolute atomic E-state index is 9.63. The average molecular weight is 331 g/mol. The van der Waals surface area contributed by atoms with Crippen LogP contribution in [0.3, 0.4) is 0 Å². The molecular weight excluding hydrogens is 306 g/mol. The highest BCUT2D eigenvalue weighted by Gasteiger charge is 2.34. The topological polar surface area (TPSA) is 71.6 Å². The number of aliphatic hydroxyl groups is 1. The molecule has 6 nitrogen and oxygen atoms in total. The molecular formula is C18H25N3O3. The molecule has 1 aromatic carbocycles. The van der Waals surface area contributed by atoms with Crippen LogP contribution in [-0.4, -0.2) is 47.0 Å². The lowest BCUT2D eigenvalue weighted by Gasteiger charge is -2.41. The molecule has 2 unspecified atom stereocenters. The fourth-order valence-electron chi connectivity index (χ4n) is 3.24. The molecule has 1 aliphatic rings. The first-order valence-electron chi connectivity index (χ1n) is 8.37. The Kier molecular flexibility index (Phi) is 4.87. The summed E-state index contributed by atoms with van der Waals surface area (Å²) in [7, 11) is 1.64. The largest absolute Gasteiger partial charge is 0.497 e. The molecule has 2 atom stereocenters. The maximum Gasteiger partial charge on any atom is 0.244 e. The molecule has 1 aromatic heterocycles. The highest BCUT2D eigenvalue weighted by Crippen LogP contribution is 2.33. The Hall–Kier alpha value is -1.92. The number of hydrogen-bond acceptors (Lipinski definition) is 6. The maximum atomic E-state index is 9.63. The van der Waals surface area contributed by atoms with E-state index in [1.165, 1.54) is 0 Å². The van der Waals surface area contributed by atoms with Crippen LogP contribution >= 0.6 is 0 Å². The summed E-state index contributed by atoms with van der Waals surface area (Å²) in [5.41, 5.74) is 0.850. The van der Waals surface area contributed by atoms with E-state index in [1.54, 1.807) is 7.11 Å². The van der Waals surface area contributed by atoms with Gasteiger partial charge in [0.15, 0.2) is 0 Å². The summed E-state index contributed by atoms with van der Waals surface area (Å²) in [6.45, 7) is 6.23. The minimum atomic E-state index is -0.0503. The van der Waals surface area contributed by atoms with E-state index in [0.717, 1.165) is 37.2 Å². The number of hydrogen-bond donors (Lipinski definition) is 1. The number of aliphatic hydroxyl groups excluding tert-OH is 1. The first-order valence-corrected chi connectivity index (χ1v) is 8.37. The minimum Gasteiger partial charge on any atom is -0.497 e. The molecule has 2 heterocycles. The highest BCUT2D eigenvalue weighted by molar-refractivity contribution is 5.55. The van der Waals surface area contributed by atoms with Crippen LogP contribution in [0, 0.1) is 5.41 Å². The van der Waals surface area contributed by atoms with Crippen LogP contribution in [0.2, 0.25) is 0 Å². The molecule has 24 heavy (non-hydrogen) atoms. The molecule has 1 fully saturated rings. The predicted octanol–water partition coefficient (Wildman–Crippen LogP) is 2.90. The van der Waals surface area contributed by atoms with Gasteiger partial charge >= 0.3 is 0 Å². The molecule has 0 radical (unpaired) electrons. The van der Waals surface area contributed by atoms with E-state index in [9.17, 15) is 5.11 Å². The van der Waals surface area contributed by atoms with Crippen molar-refractivity contribution in [3.63, 3.8) is 0 Å². The van der Waals surface area contributed by atoms with E-state index in [-0.39, 0.29) is 18.1 Å². The van der Waals surface area contributed by atoms with Gasteiger partial charge in [0.05, 0.1) is 13.2 Å². The third-order valence-corrected chi connectivity index (χ3v) is 4.89. The van der Waals surface area contributed by atoms with Crippen LogP contribution in [0.4, 0.5) is 0 Å². The van der Waals surface area contributed by atoms with Gasteiger partial charge in [0.1, 0.15) is 5.75 Å². The number of methoxy groups -OCH3 is 1. The number of ether oxygens (including phenoxy) is 1. The zero-order chi connectivity index (χ0) is 17.2. The van der Waals surface area contributed by atoms with Crippen LogP contribution < -0.4 is 4.74 Å².